The van der Waals surface area contributed by atoms with Crippen molar-refractivity contribution in [2.24, 2.45) is 0 Å². The van der Waals surface area contributed by atoms with Gasteiger partial charge in [0.15, 0.2) is 0 Å². The van der Waals surface area contributed by atoms with E-state index in [0.717, 1.165) is 17.3 Å². The van der Waals surface area contributed by atoms with Crippen LogP contribution < -0.4 is 0 Å². The second-order valence-corrected chi connectivity index (χ2v) is 10.2. The Morgan fingerprint density at radius 3 is 1.44 bits per heavy atom. The summed E-state index contributed by atoms with van der Waals surface area (Å²) >= 11 is 7.26. The lowest BCUT2D eigenvalue weighted by atomic mass is 9.93. The second kappa shape index (κ2) is 10.5. The molecule has 0 atom stereocenters. The van der Waals surface area contributed by atoms with Gasteiger partial charge in [-0.1, -0.05) is 117 Å². The highest BCUT2D eigenvalue weighted by Crippen LogP contribution is 2.33. The summed E-state index contributed by atoms with van der Waals surface area (Å²) in [7, 11) is 0. The molecule has 2 heteroatoms. The van der Waals surface area contributed by atoms with Gasteiger partial charge in [-0.05, 0) is 93.7 Å². The van der Waals surface area contributed by atoms with E-state index in [1.54, 1.807) is 0 Å². The van der Waals surface area contributed by atoms with Crippen LogP contribution in [0.2, 0.25) is 0 Å². The first kappa shape index (κ1) is 22.8. The molecule has 5 aromatic carbocycles. The zero-order valence-electron chi connectivity index (χ0n) is 18.7. The van der Waals surface area contributed by atoms with E-state index in [1.807, 2.05) is 0 Å². The molecule has 0 bridgehead atoms. The number of aryl methyl sites for hydroxylation is 2. The van der Waals surface area contributed by atoms with Crippen molar-refractivity contribution >= 4 is 31.9 Å². The van der Waals surface area contributed by atoms with Crippen molar-refractivity contribution in [1.29, 1.82) is 0 Å². The lowest BCUT2D eigenvalue weighted by molar-refractivity contribution is 0.954. The molecule has 0 nitrogen and oxygen atoms in total. The van der Waals surface area contributed by atoms with Crippen molar-refractivity contribution in [3.05, 3.63) is 141 Å². The molecule has 0 amide bonds. The van der Waals surface area contributed by atoms with Crippen LogP contribution in [0, 0.1) is 0 Å². The molecule has 0 heterocycles. The molecule has 0 N–H and O–H groups in total. The minimum absolute atomic E-state index is 1.00. The molecule has 0 radical (unpaired) electrons. The Hall–Kier alpha value is -2.94. The average molecular weight is 568 g/mol. The maximum atomic E-state index is 3.68. The third-order valence-corrected chi connectivity index (χ3v) is 7.39. The van der Waals surface area contributed by atoms with Gasteiger partial charge in [0.1, 0.15) is 0 Å². The molecular weight excluding hydrogens is 544 g/mol. The first-order valence-corrected chi connectivity index (χ1v) is 13.0. The predicted octanol–water partition coefficient (Wildman–Crippen LogP) is 10.00. The molecule has 34 heavy (non-hydrogen) atoms. The van der Waals surface area contributed by atoms with E-state index in [0.29, 0.717) is 0 Å². The van der Waals surface area contributed by atoms with Crippen LogP contribution in [0.4, 0.5) is 0 Å². The standard InChI is InChI=1S/C32H24Br2/c33-31-17-18-32(34)27(22-31)16-13-23-11-14-26(15-12-23)30-20-28(24-7-3-1-4-8-24)19-29(21-30)25-9-5-2-6-10-25/h1-12,14-15,17-22H,13,16H2. The smallest absolute Gasteiger partial charge is 0.0208 e. The van der Waals surface area contributed by atoms with Crippen LogP contribution in [0.25, 0.3) is 33.4 Å². The minimum Gasteiger partial charge on any atom is -0.0622 e. The summed E-state index contributed by atoms with van der Waals surface area (Å²) in [5.41, 5.74) is 10.1. The van der Waals surface area contributed by atoms with E-state index in [-0.39, 0.29) is 0 Å². The fourth-order valence-corrected chi connectivity index (χ4v) is 5.12. The van der Waals surface area contributed by atoms with Crippen molar-refractivity contribution in [3.63, 3.8) is 0 Å². The molecule has 0 unspecified atom stereocenters. The molecule has 5 aromatic rings. The van der Waals surface area contributed by atoms with Crippen LogP contribution in [-0.2, 0) is 12.8 Å². The quantitative estimate of drug-likeness (QED) is 0.191. The summed E-state index contributed by atoms with van der Waals surface area (Å²) in [6, 6.07) is 43.5. The Bertz CT molecular complexity index is 1330. The molecule has 0 aliphatic heterocycles. The summed E-state index contributed by atoms with van der Waals surface area (Å²) < 4.78 is 2.28. The van der Waals surface area contributed by atoms with Crippen LogP contribution in [0.1, 0.15) is 11.1 Å². The Labute approximate surface area is 218 Å². The van der Waals surface area contributed by atoms with Gasteiger partial charge >= 0.3 is 0 Å². The van der Waals surface area contributed by atoms with E-state index in [1.165, 1.54) is 49.0 Å². The summed E-state index contributed by atoms with van der Waals surface area (Å²) in [4.78, 5) is 0. The molecule has 0 aliphatic rings. The Balaban J connectivity index is 1.45. The van der Waals surface area contributed by atoms with Crippen molar-refractivity contribution in [3.8, 4) is 33.4 Å². The Morgan fingerprint density at radius 2 is 0.912 bits per heavy atom. The topological polar surface area (TPSA) is 0 Å². The number of hydrogen-bond donors (Lipinski definition) is 0. The molecule has 0 saturated carbocycles. The van der Waals surface area contributed by atoms with Crippen molar-refractivity contribution in [2.45, 2.75) is 12.8 Å². The number of rotatable bonds is 6. The fourth-order valence-electron chi connectivity index (χ4n) is 4.27. The summed E-state index contributed by atoms with van der Waals surface area (Å²) in [5.74, 6) is 0. The van der Waals surface area contributed by atoms with Gasteiger partial charge in [-0.15, -0.1) is 0 Å². The number of hydrogen-bond acceptors (Lipinski definition) is 0. The average Bonchev–Trinajstić information content (AvgIpc) is 2.90. The van der Waals surface area contributed by atoms with E-state index < -0.39 is 0 Å². The summed E-state index contributed by atoms with van der Waals surface area (Å²) in [5, 5.41) is 0. The summed E-state index contributed by atoms with van der Waals surface area (Å²) in [6.45, 7) is 0. The van der Waals surface area contributed by atoms with Crippen molar-refractivity contribution in [1.82, 2.24) is 0 Å². The van der Waals surface area contributed by atoms with Gasteiger partial charge < -0.3 is 0 Å². The van der Waals surface area contributed by atoms with E-state index in [9.17, 15) is 0 Å². The summed E-state index contributed by atoms with van der Waals surface area (Å²) in [6.07, 6.45) is 2.01. The molecule has 0 aromatic heterocycles. The SMILES string of the molecule is Brc1ccc(Br)c(CCc2ccc(-c3cc(-c4ccccc4)cc(-c4ccccc4)c3)cc2)c1. The second-order valence-electron chi connectivity index (χ2n) is 8.46. The largest absolute Gasteiger partial charge is 0.0622 e. The Morgan fingerprint density at radius 1 is 0.412 bits per heavy atom. The van der Waals surface area contributed by atoms with E-state index in [4.69, 9.17) is 0 Å². The highest BCUT2D eigenvalue weighted by atomic mass is 79.9. The van der Waals surface area contributed by atoms with E-state index >= 15 is 0 Å². The lowest BCUT2D eigenvalue weighted by Gasteiger charge is -2.12. The lowest BCUT2D eigenvalue weighted by Crippen LogP contribution is -1.93. The van der Waals surface area contributed by atoms with Crippen LogP contribution in [0.15, 0.2) is 130 Å². The van der Waals surface area contributed by atoms with Gasteiger partial charge in [-0.25, -0.2) is 0 Å². The molecular formula is C32H24Br2. The van der Waals surface area contributed by atoms with Crippen LogP contribution in [-0.4, -0.2) is 0 Å². The maximum Gasteiger partial charge on any atom is 0.0208 e. The molecule has 0 saturated heterocycles. The zero-order valence-corrected chi connectivity index (χ0v) is 21.9. The van der Waals surface area contributed by atoms with Crippen molar-refractivity contribution < 1.29 is 0 Å². The molecule has 0 fully saturated rings. The van der Waals surface area contributed by atoms with Crippen molar-refractivity contribution in [2.75, 3.05) is 0 Å². The number of benzene rings is 5. The third-order valence-electron chi connectivity index (χ3n) is 6.13. The van der Waals surface area contributed by atoms with Gasteiger partial charge in [0, 0.05) is 8.95 Å². The van der Waals surface area contributed by atoms with Crippen LogP contribution in [0.5, 0.6) is 0 Å². The monoisotopic (exact) mass is 566 g/mol. The van der Waals surface area contributed by atoms with Crippen LogP contribution in [0.3, 0.4) is 0 Å². The maximum absolute atomic E-state index is 3.68. The highest BCUT2D eigenvalue weighted by Gasteiger charge is 2.08. The molecule has 0 aliphatic carbocycles. The first-order chi connectivity index (χ1) is 16.7. The van der Waals surface area contributed by atoms with E-state index in [2.05, 4.69) is 153 Å². The highest BCUT2D eigenvalue weighted by molar-refractivity contribution is 9.11. The van der Waals surface area contributed by atoms with Gasteiger partial charge in [-0.3, -0.25) is 0 Å². The fraction of sp³-hybridized carbons (Fsp3) is 0.0625. The van der Waals surface area contributed by atoms with Gasteiger partial charge in [0.05, 0.1) is 0 Å². The van der Waals surface area contributed by atoms with Gasteiger partial charge in [-0.2, -0.15) is 0 Å². The molecule has 166 valence electrons. The minimum atomic E-state index is 1.00. The third kappa shape index (κ3) is 5.41. The number of halogens is 2. The normalized spacial score (nSPS) is 10.9. The predicted molar refractivity (Wildman–Crippen MR) is 152 cm³/mol. The molecule has 0 spiro atoms. The first-order valence-electron chi connectivity index (χ1n) is 11.4. The Kier molecular flexibility index (Phi) is 7.08. The van der Waals surface area contributed by atoms with Gasteiger partial charge in [0.2, 0.25) is 0 Å². The van der Waals surface area contributed by atoms with Gasteiger partial charge in [0.25, 0.3) is 0 Å². The zero-order chi connectivity index (χ0) is 23.3. The molecule has 5 rings (SSSR count). The van der Waals surface area contributed by atoms with Crippen LogP contribution >= 0.6 is 31.9 Å².